The lowest BCUT2D eigenvalue weighted by Gasteiger charge is -2.46. The lowest BCUT2D eigenvalue weighted by Crippen LogP contribution is -2.51. The van der Waals surface area contributed by atoms with Gasteiger partial charge in [-0.2, -0.15) is 0 Å². The van der Waals surface area contributed by atoms with E-state index < -0.39 is 19.9 Å². The van der Waals surface area contributed by atoms with E-state index in [-0.39, 0.29) is 29.5 Å². The average molecular weight is 473 g/mol. The molecule has 0 aliphatic carbocycles. The zero-order chi connectivity index (χ0) is 23.9. The van der Waals surface area contributed by atoms with E-state index in [9.17, 15) is 0 Å². The summed E-state index contributed by atoms with van der Waals surface area (Å²) in [6.45, 7) is 23.4. The highest BCUT2D eigenvalue weighted by atomic mass is 28.4. The quantitative estimate of drug-likeness (QED) is 0.336. The lowest BCUT2D eigenvalue weighted by atomic mass is 9.92. The zero-order valence-corrected chi connectivity index (χ0v) is 23.2. The Morgan fingerprint density at radius 2 is 1.31 bits per heavy atom. The molecule has 3 fully saturated rings. The van der Waals surface area contributed by atoms with Gasteiger partial charge in [0, 0.05) is 38.2 Å². The van der Waals surface area contributed by atoms with Crippen LogP contribution >= 0.6 is 0 Å². The van der Waals surface area contributed by atoms with E-state index in [1.54, 1.807) is 0 Å². The maximum Gasteiger partial charge on any atom is 0.191 e. The van der Waals surface area contributed by atoms with Gasteiger partial charge in [0.05, 0.1) is 37.1 Å². The maximum absolute atomic E-state index is 6.51. The fourth-order valence-corrected chi connectivity index (χ4v) is 5.72. The van der Waals surface area contributed by atoms with Gasteiger partial charge in [-0.05, 0) is 45.8 Å². The predicted molar refractivity (Wildman–Crippen MR) is 128 cm³/mol. The molecule has 32 heavy (non-hydrogen) atoms. The van der Waals surface area contributed by atoms with Crippen molar-refractivity contribution < 1.29 is 28.1 Å². The Morgan fingerprint density at radius 3 is 1.81 bits per heavy atom. The van der Waals surface area contributed by atoms with Gasteiger partial charge in [-0.25, -0.2) is 0 Å². The molecule has 0 aromatic heterocycles. The van der Waals surface area contributed by atoms with Crippen molar-refractivity contribution in [3.63, 3.8) is 0 Å². The highest BCUT2D eigenvalue weighted by molar-refractivity contribution is 6.74. The van der Waals surface area contributed by atoms with E-state index >= 15 is 0 Å². The molecule has 0 N–H and O–H groups in total. The summed E-state index contributed by atoms with van der Waals surface area (Å²) < 4.78 is 37.1. The molecule has 6 atom stereocenters. The van der Waals surface area contributed by atoms with Gasteiger partial charge in [0.2, 0.25) is 0 Å². The third-order valence-corrected chi connectivity index (χ3v) is 11.9. The van der Waals surface area contributed by atoms with Crippen molar-refractivity contribution >= 4 is 8.32 Å². The van der Waals surface area contributed by atoms with E-state index in [0.29, 0.717) is 12.0 Å². The summed E-state index contributed by atoms with van der Waals surface area (Å²) in [6.07, 6.45) is 4.41. The normalized spacial score (nSPS) is 36.0. The summed E-state index contributed by atoms with van der Waals surface area (Å²) in [5.41, 5.74) is 0. The molecular formula is C25H48O6Si. The van der Waals surface area contributed by atoms with Crippen LogP contribution in [-0.2, 0) is 28.1 Å². The van der Waals surface area contributed by atoms with Crippen LogP contribution in [0.25, 0.3) is 0 Å². The molecule has 3 saturated heterocycles. The van der Waals surface area contributed by atoms with Crippen LogP contribution in [0.1, 0.15) is 81.1 Å². The minimum Gasteiger partial charge on any atom is -0.416 e. The minimum atomic E-state index is -1.78. The first kappa shape index (κ1) is 26.6. The Morgan fingerprint density at radius 1 is 0.844 bits per heavy atom. The molecule has 0 aromatic carbocycles. The van der Waals surface area contributed by atoms with Crippen LogP contribution < -0.4 is 0 Å². The molecule has 3 aliphatic rings. The molecule has 0 unspecified atom stereocenters. The van der Waals surface area contributed by atoms with Crippen LogP contribution in [0.15, 0.2) is 0 Å². The number of hydrogen-bond acceptors (Lipinski definition) is 6. The van der Waals surface area contributed by atoms with Crippen molar-refractivity contribution in [1.82, 2.24) is 0 Å². The van der Waals surface area contributed by atoms with Gasteiger partial charge in [-0.3, -0.25) is 0 Å². The van der Waals surface area contributed by atoms with Crippen molar-refractivity contribution in [2.45, 2.75) is 141 Å². The van der Waals surface area contributed by atoms with Crippen LogP contribution in [0.4, 0.5) is 0 Å². The van der Waals surface area contributed by atoms with E-state index in [1.165, 1.54) is 0 Å². The molecule has 188 valence electrons. The molecule has 0 saturated carbocycles. The van der Waals surface area contributed by atoms with Crippen molar-refractivity contribution in [2.24, 2.45) is 5.92 Å². The number of ether oxygens (including phenoxy) is 5. The Kier molecular flexibility index (Phi) is 7.94. The summed E-state index contributed by atoms with van der Waals surface area (Å²) in [7, 11) is -1.78. The van der Waals surface area contributed by atoms with Crippen LogP contribution in [0.5, 0.6) is 0 Å². The van der Waals surface area contributed by atoms with Gasteiger partial charge in [-0.15, -0.1) is 0 Å². The Bertz CT molecular complexity index is 624. The van der Waals surface area contributed by atoms with E-state index in [2.05, 4.69) is 40.8 Å². The Hall–Kier alpha value is -0.0231. The number of epoxide rings is 1. The van der Waals surface area contributed by atoms with Gasteiger partial charge < -0.3 is 28.1 Å². The van der Waals surface area contributed by atoms with E-state index in [4.69, 9.17) is 28.1 Å². The topological polar surface area (TPSA) is 58.7 Å². The summed E-state index contributed by atoms with van der Waals surface area (Å²) in [4.78, 5) is 0. The monoisotopic (exact) mass is 472 g/mol. The largest absolute Gasteiger partial charge is 0.416 e. The molecule has 0 radical (unpaired) electrons. The second kappa shape index (κ2) is 9.55. The third kappa shape index (κ3) is 7.49. The zero-order valence-electron chi connectivity index (χ0n) is 22.2. The molecule has 3 rings (SSSR count). The molecule has 7 heteroatoms. The summed E-state index contributed by atoms with van der Waals surface area (Å²) >= 11 is 0. The first-order chi connectivity index (χ1) is 14.6. The summed E-state index contributed by atoms with van der Waals surface area (Å²) in [6, 6.07) is 0. The molecule has 3 heterocycles. The lowest BCUT2D eigenvalue weighted by molar-refractivity contribution is -0.329. The van der Waals surface area contributed by atoms with Crippen molar-refractivity contribution in [3.05, 3.63) is 0 Å². The van der Waals surface area contributed by atoms with Crippen LogP contribution in [0, 0.1) is 5.92 Å². The second-order valence-corrected chi connectivity index (χ2v) is 17.4. The molecule has 0 spiro atoms. The van der Waals surface area contributed by atoms with Gasteiger partial charge in [0.1, 0.15) is 0 Å². The fraction of sp³-hybridized carbons (Fsp3) is 1.00. The molecule has 6 nitrogen and oxygen atoms in total. The predicted octanol–water partition coefficient (Wildman–Crippen LogP) is 5.64. The first-order valence-corrected chi connectivity index (χ1v) is 15.4. The maximum atomic E-state index is 6.51. The SMILES string of the molecule is C[C@@H](CO[Si](C)(C)C(C)(C)C)[C@H]1C[C@@H](C[C@H]2C[C@H](C[C@H]3CO3)OC(C)(C)O2)OC(C)(C)O1. The van der Waals surface area contributed by atoms with Gasteiger partial charge in [0.15, 0.2) is 19.9 Å². The molecule has 0 amide bonds. The van der Waals surface area contributed by atoms with Crippen LogP contribution in [-0.4, -0.2) is 63.6 Å². The van der Waals surface area contributed by atoms with Crippen LogP contribution in [0.3, 0.4) is 0 Å². The number of rotatable bonds is 8. The minimum absolute atomic E-state index is 0.0933. The molecular weight excluding hydrogens is 424 g/mol. The standard InChI is InChI=1S/C25H48O6Si/c1-17(15-27-32(9,10)23(2,3)4)22-14-20(30-25(7,8)31-22)12-18-11-19(13-21-16-26-21)29-24(5,6)28-18/h17-22H,11-16H2,1-10H3/t17-,18+,19+,20+,21-,22+/m0/s1. The summed E-state index contributed by atoms with van der Waals surface area (Å²) in [5, 5.41) is 0.209. The van der Waals surface area contributed by atoms with Crippen molar-refractivity contribution in [1.29, 1.82) is 0 Å². The van der Waals surface area contributed by atoms with Gasteiger partial charge in [0.25, 0.3) is 0 Å². The molecule has 0 aromatic rings. The molecule has 0 bridgehead atoms. The highest BCUT2D eigenvalue weighted by Crippen LogP contribution is 2.39. The van der Waals surface area contributed by atoms with Gasteiger partial charge >= 0.3 is 0 Å². The number of hydrogen-bond donors (Lipinski definition) is 0. The van der Waals surface area contributed by atoms with Gasteiger partial charge in [-0.1, -0.05) is 27.7 Å². The smallest absolute Gasteiger partial charge is 0.191 e. The van der Waals surface area contributed by atoms with E-state index in [0.717, 1.165) is 38.9 Å². The average Bonchev–Trinajstić information content (AvgIpc) is 3.39. The van der Waals surface area contributed by atoms with Crippen molar-refractivity contribution in [2.75, 3.05) is 13.2 Å². The summed E-state index contributed by atoms with van der Waals surface area (Å²) in [5.74, 6) is -0.880. The Balaban J connectivity index is 1.58. The highest BCUT2D eigenvalue weighted by Gasteiger charge is 2.44. The fourth-order valence-electron chi connectivity index (χ4n) is 4.60. The first-order valence-electron chi connectivity index (χ1n) is 12.5. The van der Waals surface area contributed by atoms with Crippen molar-refractivity contribution in [3.8, 4) is 0 Å². The van der Waals surface area contributed by atoms with E-state index in [1.807, 2.05) is 27.7 Å². The Labute approximate surface area is 197 Å². The van der Waals surface area contributed by atoms with Crippen LogP contribution in [0.2, 0.25) is 18.1 Å². The third-order valence-electron chi connectivity index (χ3n) is 7.41. The second-order valence-electron chi connectivity index (χ2n) is 12.6. The molecule has 3 aliphatic heterocycles.